The number of hydrogen-bond donors (Lipinski definition) is 1. The number of hydrogen-bond acceptors (Lipinski definition) is 5. The third kappa shape index (κ3) is 3.68. The Hall–Kier alpha value is -2.90. The monoisotopic (exact) mass is 390 g/mol. The Kier molecular flexibility index (Phi) is 4.92. The molecular formula is C17H10Cl2N3O4-. The van der Waals surface area contributed by atoms with Crippen LogP contribution >= 0.6 is 23.2 Å². The number of nitrogens with one attached hydrogen (secondary N) is 1. The van der Waals surface area contributed by atoms with Gasteiger partial charge in [0, 0.05) is 21.1 Å². The number of aromatic carboxylic acids is 1. The quantitative estimate of drug-likeness (QED) is 0.729. The molecule has 0 saturated heterocycles. The number of rotatable bonds is 4. The zero-order valence-electron chi connectivity index (χ0n) is 13.0. The normalized spacial score (nSPS) is 10.7. The summed E-state index contributed by atoms with van der Waals surface area (Å²) < 4.78 is 0.773. The van der Waals surface area contributed by atoms with E-state index in [2.05, 4.69) is 10.4 Å². The van der Waals surface area contributed by atoms with Crippen LogP contribution < -0.4 is 16.0 Å². The molecule has 0 spiro atoms. The van der Waals surface area contributed by atoms with Gasteiger partial charge in [-0.05, 0) is 24.3 Å². The molecule has 3 aromatic rings. The Bertz CT molecular complexity index is 1070. The van der Waals surface area contributed by atoms with E-state index in [0.717, 1.165) is 4.68 Å². The van der Waals surface area contributed by atoms with Crippen molar-refractivity contribution in [2.24, 2.45) is 0 Å². The van der Waals surface area contributed by atoms with Crippen LogP contribution in [0.5, 0.6) is 0 Å². The Morgan fingerprint density at radius 1 is 1.08 bits per heavy atom. The number of nitrogens with zero attached hydrogens (tertiary/aromatic N) is 2. The lowest BCUT2D eigenvalue weighted by atomic mass is 10.1. The Labute approximate surface area is 156 Å². The average molecular weight is 391 g/mol. The number of fused-ring (bicyclic) bond motifs is 1. The van der Waals surface area contributed by atoms with Gasteiger partial charge in [0.1, 0.15) is 12.2 Å². The van der Waals surface area contributed by atoms with Crippen molar-refractivity contribution in [3.05, 3.63) is 68.6 Å². The van der Waals surface area contributed by atoms with Crippen molar-refractivity contribution in [1.29, 1.82) is 0 Å². The summed E-state index contributed by atoms with van der Waals surface area (Å²) in [6.07, 6.45) is 0. The van der Waals surface area contributed by atoms with Crippen LogP contribution in [-0.4, -0.2) is 21.7 Å². The third-order valence-corrected chi connectivity index (χ3v) is 3.94. The van der Waals surface area contributed by atoms with Gasteiger partial charge in [0.2, 0.25) is 5.91 Å². The average Bonchev–Trinajstić information content (AvgIpc) is 2.56. The van der Waals surface area contributed by atoms with Crippen molar-refractivity contribution >= 4 is 51.5 Å². The number of carbonyl (C=O) groups is 2. The molecule has 26 heavy (non-hydrogen) atoms. The Morgan fingerprint density at radius 3 is 2.31 bits per heavy atom. The van der Waals surface area contributed by atoms with Gasteiger partial charge in [-0.2, -0.15) is 5.10 Å². The van der Waals surface area contributed by atoms with Gasteiger partial charge >= 0.3 is 0 Å². The van der Waals surface area contributed by atoms with Crippen LogP contribution in [0.15, 0.2) is 47.3 Å². The van der Waals surface area contributed by atoms with Crippen LogP contribution in [0.2, 0.25) is 10.0 Å². The van der Waals surface area contributed by atoms with E-state index in [-0.39, 0.29) is 10.8 Å². The molecule has 1 heterocycles. The predicted octanol–water partition coefficient (Wildman–Crippen LogP) is 1.71. The molecule has 0 radical (unpaired) electrons. The summed E-state index contributed by atoms with van der Waals surface area (Å²) in [7, 11) is 0. The maximum absolute atomic E-state index is 12.5. The molecule has 0 fully saturated rings. The summed E-state index contributed by atoms with van der Waals surface area (Å²) in [4.78, 5) is 36.0. The molecule has 1 aromatic heterocycles. The van der Waals surface area contributed by atoms with Gasteiger partial charge in [-0.15, -0.1) is 0 Å². The lowest BCUT2D eigenvalue weighted by molar-refractivity contribution is -0.255. The highest BCUT2D eigenvalue weighted by molar-refractivity contribution is 6.35. The first kappa shape index (κ1) is 17.9. The first-order chi connectivity index (χ1) is 12.3. The van der Waals surface area contributed by atoms with Gasteiger partial charge in [-0.3, -0.25) is 9.59 Å². The van der Waals surface area contributed by atoms with Crippen molar-refractivity contribution < 1.29 is 14.7 Å². The fraction of sp³-hybridized carbons (Fsp3) is 0.0588. The van der Waals surface area contributed by atoms with Crippen LogP contribution in [0.1, 0.15) is 10.5 Å². The minimum absolute atomic E-state index is 0.125. The van der Waals surface area contributed by atoms with Crippen molar-refractivity contribution in [2.75, 3.05) is 5.32 Å². The molecule has 0 atom stereocenters. The van der Waals surface area contributed by atoms with Gasteiger partial charge in [0.05, 0.1) is 11.4 Å². The van der Waals surface area contributed by atoms with E-state index >= 15 is 0 Å². The summed E-state index contributed by atoms with van der Waals surface area (Å²) in [6.45, 7) is -0.492. The molecular weight excluding hydrogens is 381 g/mol. The molecule has 1 amide bonds. The standard InChI is InChI=1S/C17H11Cl2N3O4/c18-9-5-10(19)7-11(6-9)20-14(23)8-22-16(24)13-4-2-1-3-12(13)15(21-22)17(25)26/h1-7H,8H2,(H,20,23)(H,25,26)/p-1. The van der Waals surface area contributed by atoms with Crippen LogP contribution in [0.3, 0.4) is 0 Å². The molecule has 7 nitrogen and oxygen atoms in total. The molecule has 2 aromatic carbocycles. The van der Waals surface area contributed by atoms with Crippen molar-refractivity contribution in [1.82, 2.24) is 9.78 Å². The van der Waals surface area contributed by atoms with Crippen molar-refractivity contribution in [3.8, 4) is 0 Å². The Morgan fingerprint density at radius 2 is 1.69 bits per heavy atom. The topological polar surface area (TPSA) is 104 Å². The summed E-state index contributed by atoms with van der Waals surface area (Å²) in [5, 5.41) is 18.5. The number of carboxylic acid groups (broad SMARTS) is 1. The largest absolute Gasteiger partial charge is 0.543 e. The third-order valence-electron chi connectivity index (χ3n) is 3.50. The van der Waals surface area contributed by atoms with E-state index in [9.17, 15) is 19.5 Å². The molecule has 3 rings (SSSR count). The summed E-state index contributed by atoms with van der Waals surface area (Å²) in [5.74, 6) is -2.14. The second-order valence-electron chi connectivity index (χ2n) is 5.35. The minimum Gasteiger partial charge on any atom is -0.543 e. The van der Waals surface area contributed by atoms with E-state index in [4.69, 9.17) is 23.2 Å². The highest BCUT2D eigenvalue weighted by atomic mass is 35.5. The van der Waals surface area contributed by atoms with E-state index in [0.29, 0.717) is 15.7 Å². The van der Waals surface area contributed by atoms with Gasteiger partial charge < -0.3 is 15.2 Å². The Balaban J connectivity index is 1.95. The SMILES string of the molecule is O=C(Cn1nc(C(=O)[O-])c2ccccc2c1=O)Nc1cc(Cl)cc(Cl)c1. The molecule has 9 heteroatoms. The van der Waals surface area contributed by atoms with Crippen LogP contribution in [0.25, 0.3) is 10.8 Å². The highest BCUT2D eigenvalue weighted by Gasteiger charge is 2.14. The fourth-order valence-corrected chi connectivity index (χ4v) is 2.98. The highest BCUT2D eigenvalue weighted by Crippen LogP contribution is 2.22. The van der Waals surface area contributed by atoms with E-state index in [1.807, 2.05) is 0 Å². The van der Waals surface area contributed by atoms with Crippen LogP contribution in [-0.2, 0) is 11.3 Å². The molecule has 0 aliphatic rings. The molecule has 0 bridgehead atoms. The lowest BCUT2D eigenvalue weighted by Gasteiger charge is -2.12. The molecule has 1 N–H and O–H groups in total. The van der Waals surface area contributed by atoms with Crippen molar-refractivity contribution in [2.45, 2.75) is 6.54 Å². The zero-order chi connectivity index (χ0) is 18.8. The number of carbonyl (C=O) groups excluding carboxylic acids is 2. The first-order valence-corrected chi connectivity index (χ1v) is 8.08. The van der Waals surface area contributed by atoms with Crippen LogP contribution in [0.4, 0.5) is 5.69 Å². The van der Waals surface area contributed by atoms with E-state index < -0.39 is 29.7 Å². The van der Waals surface area contributed by atoms with Crippen LogP contribution in [0, 0.1) is 0 Å². The molecule has 0 saturated carbocycles. The maximum atomic E-state index is 12.5. The first-order valence-electron chi connectivity index (χ1n) is 7.32. The van der Waals surface area contributed by atoms with Gasteiger partial charge in [-0.1, -0.05) is 41.4 Å². The number of aromatic nitrogens is 2. The van der Waals surface area contributed by atoms with Gasteiger partial charge in [0.15, 0.2) is 0 Å². The van der Waals surface area contributed by atoms with Crippen molar-refractivity contribution in [3.63, 3.8) is 0 Å². The number of carboxylic acids is 1. The maximum Gasteiger partial charge on any atom is 0.275 e. The molecule has 132 valence electrons. The minimum atomic E-state index is -1.54. The summed E-state index contributed by atoms with van der Waals surface area (Å²) in [6, 6.07) is 10.5. The molecule has 0 aliphatic heterocycles. The van der Waals surface area contributed by atoms with Gasteiger partial charge in [-0.25, -0.2) is 4.68 Å². The number of benzene rings is 2. The molecule has 0 aliphatic carbocycles. The summed E-state index contributed by atoms with van der Waals surface area (Å²) >= 11 is 11.7. The zero-order valence-corrected chi connectivity index (χ0v) is 14.5. The smallest absolute Gasteiger partial charge is 0.275 e. The van der Waals surface area contributed by atoms with E-state index in [1.165, 1.54) is 30.3 Å². The number of halogens is 2. The predicted molar refractivity (Wildman–Crippen MR) is 95.4 cm³/mol. The number of anilines is 1. The number of amides is 1. The molecule has 0 unspecified atom stereocenters. The summed E-state index contributed by atoms with van der Waals surface area (Å²) in [5.41, 5.74) is -0.676. The lowest BCUT2D eigenvalue weighted by Crippen LogP contribution is -2.34. The second-order valence-corrected chi connectivity index (χ2v) is 6.22. The second kappa shape index (κ2) is 7.15. The van der Waals surface area contributed by atoms with E-state index in [1.54, 1.807) is 12.1 Å². The fourth-order valence-electron chi connectivity index (χ4n) is 2.46. The van der Waals surface area contributed by atoms with Gasteiger partial charge in [0.25, 0.3) is 5.56 Å².